The highest BCUT2D eigenvalue weighted by molar-refractivity contribution is 7.66. The van der Waals surface area contributed by atoms with Crippen molar-refractivity contribution in [2.24, 2.45) is 0 Å². The van der Waals surface area contributed by atoms with Crippen molar-refractivity contribution in [1.29, 1.82) is 0 Å². The number of nitrogens with one attached hydrogen (secondary N) is 1. The third kappa shape index (κ3) is 7.73. The number of hydrogen-bond acceptors (Lipinski definition) is 13. The van der Waals surface area contributed by atoms with E-state index >= 15 is 0 Å². The highest BCUT2D eigenvalue weighted by atomic mass is 31.3. The van der Waals surface area contributed by atoms with Crippen molar-refractivity contribution in [1.82, 2.24) is 9.55 Å². The van der Waals surface area contributed by atoms with E-state index in [4.69, 9.17) is 19.4 Å². The number of carbonyl (C=O) groups excluding carboxylic acids is 1. The third-order valence-corrected chi connectivity index (χ3v) is 7.84. The van der Waals surface area contributed by atoms with Gasteiger partial charge in [0.05, 0.1) is 20.1 Å². The lowest BCUT2D eigenvalue weighted by atomic mass is 10.1. The molecule has 1 saturated heterocycles. The van der Waals surface area contributed by atoms with Gasteiger partial charge in [-0.05, 0) is 0 Å². The SMILES string of the molecule is COC(=O)Cc1cn(C2OC(COP(=O)(O)OP(=O)(O)OP(=O)(O)O)C(O)C2O)c(=O)[nH]c1=O. The zero-order chi connectivity index (χ0) is 26.1. The average molecular weight is 556 g/mol. The molecule has 0 bridgehead atoms. The van der Waals surface area contributed by atoms with Crippen molar-refractivity contribution in [3.8, 4) is 0 Å². The predicted octanol–water partition coefficient (Wildman–Crippen LogP) is -2.79. The molecule has 22 heteroatoms. The van der Waals surface area contributed by atoms with Gasteiger partial charge in [0.2, 0.25) is 0 Å². The van der Waals surface area contributed by atoms with E-state index in [1.165, 1.54) is 0 Å². The summed E-state index contributed by atoms with van der Waals surface area (Å²) in [4.78, 5) is 72.8. The van der Waals surface area contributed by atoms with Crippen LogP contribution in [0.3, 0.4) is 0 Å². The van der Waals surface area contributed by atoms with Crippen LogP contribution in [0, 0.1) is 0 Å². The fourth-order valence-electron chi connectivity index (χ4n) is 2.64. The molecule has 1 aliphatic rings. The Hall–Kier alpha value is -1.56. The van der Waals surface area contributed by atoms with Crippen LogP contribution in [0.4, 0.5) is 0 Å². The summed E-state index contributed by atoms with van der Waals surface area (Å²) in [5.41, 5.74) is -2.33. The first-order valence-electron chi connectivity index (χ1n) is 8.66. The maximum Gasteiger partial charge on any atom is 0.490 e. The van der Waals surface area contributed by atoms with Gasteiger partial charge in [-0.15, -0.1) is 0 Å². The molecule has 1 aromatic rings. The van der Waals surface area contributed by atoms with Gasteiger partial charge in [0, 0.05) is 11.8 Å². The Morgan fingerprint density at radius 1 is 1.09 bits per heavy atom. The van der Waals surface area contributed by atoms with E-state index in [0.29, 0.717) is 4.57 Å². The highest BCUT2D eigenvalue weighted by Crippen LogP contribution is 2.66. The first-order chi connectivity index (χ1) is 15.4. The molecular weight excluding hydrogens is 537 g/mol. The van der Waals surface area contributed by atoms with E-state index < -0.39 is 78.3 Å². The normalized spacial score (nSPS) is 26.6. The first kappa shape index (κ1) is 28.7. The number of carbonyl (C=O) groups is 1. The molecule has 0 amide bonds. The van der Waals surface area contributed by atoms with Gasteiger partial charge in [-0.25, -0.2) is 18.5 Å². The number of methoxy groups -OCH3 is 1. The quantitative estimate of drug-likeness (QED) is 0.113. The van der Waals surface area contributed by atoms with Crippen molar-refractivity contribution >= 4 is 29.4 Å². The smallest absolute Gasteiger partial charge is 0.469 e. The van der Waals surface area contributed by atoms with E-state index in [0.717, 1.165) is 13.3 Å². The van der Waals surface area contributed by atoms with Gasteiger partial charge in [-0.2, -0.15) is 8.62 Å². The van der Waals surface area contributed by atoms with Crippen molar-refractivity contribution in [3.63, 3.8) is 0 Å². The number of aliphatic hydroxyl groups excluding tert-OH is 2. The molecule has 2 heterocycles. The van der Waals surface area contributed by atoms with Crippen LogP contribution in [-0.2, 0) is 47.5 Å². The minimum atomic E-state index is -5.79. The van der Waals surface area contributed by atoms with Crippen LogP contribution in [0.25, 0.3) is 0 Å². The number of ether oxygens (including phenoxy) is 2. The molecule has 0 radical (unpaired) electrons. The minimum Gasteiger partial charge on any atom is -0.469 e. The topological polar surface area (TPSA) is 291 Å². The molecule has 0 aliphatic carbocycles. The number of nitrogens with zero attached hydrogens (tertiary/aromatic N) is 1. The maximum absolute atomic E-state index is 12.1. The van der Waals surface area contributed by atoms with Gasteiger partial charge in [-0.3, -0.25) is 23.7 Å². The molecule has 0 aromatic carbocycles. The maximum atomic E-state index is 12.1. The number of aromatic amines is 1. The number of esters is 1. The highest BCUT2D eigenvalue weighted by Gasteiger charge is 2.46. The second kappa shape index (κ2) is 10.6. The van der Waals surface area contributed by atoms with Crippen LogP contribution in [-0.4, -0.2) is 77.3 Å². The molecular formula is C12H19N2O17P3. The number of hydrogen-bond donors (Lipinski definition) is 7. The fraction of sp³-hybridized carbons (Fsp3) is 0.583. The molecule has 6 unspecified atom stereocenters. The molecule has 1 aliphatic heterocycles. The molecule has 1 aromatic heterocycles. The molecule has 2 rings (SSSR count). The third-order valence-electron chi connectivity index (χ3n) is 4.03. The number of H-pyrrole nitrogens is 1. The molecule has 7 N–H and O–H groups in total. The zero-order valence-electron chi connectivity index (χ0n) is 16.8. The van der Waals surface area contributed by atoms with Gasteiger partial charge in [0.1, 0.15) is 18.3 Å². The van der Waals surface area contributed by atoms with Gasteiger partial charge in [0.25, 0.3) is 5.56 Å². The van der Waals surface area contributed by atoms with E-state index in [1.54, 1.807) is 0 Å². The van der Waals surface area contributed by atoms with Gasteiger partial charge < -0.3 is 39.3 Å². The second-order valence-corrected chi connectivity index (χ2v) is 10.9. The molecule has 0 spiro atoms. The fourth-order valence-corrected chi connectivity index (χ4v) is 5.67. The van der Waals surface area contributed by atoms with E-state index in [2.05, 4.69) is 17.9 Å². The number of phosphoric acid groups is 3. The lowest BCUT2D eigenvalue weighted by Gasteiger charge is -2.19. The summed E-state index contributed by atoms with van der Waals surface area (Å²) >= 11 is 0. The Morgan fingerprint density at radius 2 is 1.71 bits per heavy atom. The van der Waals surface area contributed by atoms with E-state index in [1.807, 2.05) is 4.98 Å². The van der Waals surface area contributed by atoms with E-state index in [-0.39, 0.29) is 5.56 Å². The van der Waals surface area contributed by atoms with Gasteiger partial charge >= 0.3 is 35.1 Å². The number of phosphoric ester groups is 1. The zero-order valence-corrected chi connectivity index (χ0v) is 19.4. The summed E-state index contributed by atoms with van der Waals surface area (Å²) in [6, 6.07) is 0. The Kier molecular flexibility index (Phi) is 8.93. The van der Waals surface area contributed by atoms with Gasteiger partial charge in [-0.1, -0.05) is 0 Å². The standard InChI is InChI=1S/C12H19N2O17P3/c1-27-7(15)2-5-3-14(12(19)13-10(5)18)11-9(17)8(16)6(29-11)4-28-33(23,24)31-34(25,26)30-32(20,21)22/h3,6,8-9,11,16-17H,2,4H2,1H3,(H,23,24)(H,25,26)(H,13,18,19)(H2,20,21,22). The molecule has 19 nitrogen and oxygen atoms in total. The minimum absolute atomic E-state index is 0.270. The molecule has 1 fully saturated rings. The summed E-state index contributed by atoms with van der Waals surface area (Å²) in [6.07, 6.45) is -6.86. The number of aliphatic hydroxyl groups is 2. The van der Waals surface area contributed by atoms with Crippen LogP contribution < -0.4 is 11.2 Å². The summed E-state index contributed by atoms with van der Waals surface area (Å²) in [5, 5.41) is 20.3. The van der Waals surface area contributed by atoms with E-state index in [9.17, 15) is 43.2 Å². The average Bonchev–Trinajstić information content (AvgIpc) is 2.94. The molecule has 194 valence electrons. The summed E-state index contributed by atoms with van der Waals surface area (Å²) in [6.45, 7) is -1.12. The Balaban J connectivity index is 2.16. The van der Waals surface area contributed by atoms with Crippen LogP contribution in [0.1, 0.15) is 11.8 Å². The Bertz CT molecular complexity index is 1170. The Labute approximate surface area is 187 Å². The summed E-state index contributed by atoms with van der Waals surface area (Å²) in [5.74, 6) is -0.836. The first-order valence-corrected chi connectivity index (χ1v) is 13.2. The summed E-state index contributed by atoms with van der Waals surface area (Å²) < 4.78 is 55.3. The number of rotatable bonds is 10. The van der Waals surface area contributed by atoms with Crippen LogP contribution in [0.15, 0.2) is 15.8 Å². The number of aromatic nitrogens is 2. The predicted molar refractivity (Wildman–Crippen MR) is 103 cm³/mol. The Morgan fingerprint density at radius 3 is 2.26 bits per heavy atom. The summed E-state index contributed by atoms with van der Waals surface area (Å²) in [7, 11) is -15.9. The van der Waals surface area contributed by atoms with Gasteiger partial charge in [0.15, 0.2) is 6.23 Å². The molecule has 34 heavy (non-hydrogen) atoms. The molecule has 6 atom stereocenters. The second-order valence-electron chi connectivity index (χ2n) is 6.51. The molecule has 0 saturated carbocycles. The van der Waals surface area contributed by atoms with Crippen molar-refractivity contribution in [2.75, 3.05) is 13.7 Å². The lowest BCUT2D eigenvalue weighted by molar-refractivity contribution is -0.139. The van der Waals surface area contributed by atoms with Crippen LogP contribution >= 0.6 is 23.5 Å². The van der Waals surface area contributed by atoms with Crippen LogP contribution in [0.5, 0.6) is 0 Å². The van der Waals surface area contributed by atoms with Crippen LogP contribution in [0.2, 0.25) is 0 Å². The monoisotopic (exact) mass is 556 g/mol. The van der Waals surface area contributed by atoms with Crippen molar-refractivity contribution in [3.05, 3.63) is 32.6 Å². The van der Waals surface area contributed by atoms with Crippen molar-refractivity contribution < 1.29 is 70.9 Å². The van der Waals surface area contributed by atoms with Crippen molar-refractivity contribution in [2.45, 2.75) is 31.0 Å². The largest absolute Gasteiger partial charge is 0.490 e. The lowest BCUT2D eigenvalue weighted by Crippen LogP contribution is -2.39.